The molecule has 2 aromatic rings. The molecule has 0 amide bonds. The van der Waals surface area contributed by atoms with Crippen molar-refractivity contribution in [3.63, 3.8) is 0 Å². The van der Waals surface area contributed by atoms with Crippen LogP contribution in [0.2, 0.25) is 0 Å². The molecule has 0 radical (unpaired) electrons. The van der Waals surface area contributed by atoms with Gasteiger partial charge in [-0.25, -0.2) is 0 Å². The molecule has 0 atom stereocenters. The lowest BCUT2D eigenvalue weighted by Crippen LogP contribution is -2.00. The van der Waals surface area contributed by atoms with Gasteiger partial charge >= 0.3 is 0 Å². The zero-order chi connectivity index (χ0) is 8.55. The van der Waals surface area contributed by atoms with E-state index in [0.717, 1.165) is 0 Å². The third-order valence-electron chi connectivity index (χ3n) is 2.14. The van der Waals surface area contributed by atoms with Crippen LogP contribution in [0, 0.1) is 6.92 Å². The van der Waals surface area contributed by atoms with Crippen LogP contribution in [-0.4, -0.2) is 13.2 Å². The molecule has 3 heteroatoms. The molecular formula is C9H10ClNSi. The maximum Gasteiger partial charge on any atom is 0.229 e. The van der Waals surface area contributed by atoms with E-state index in [1.807, 2.05) is 0 Å². The number of aryl methyl sites for hydroxylation is 1. The number of nitrogens with zero attached hydrogens (tertiary/aromatic N) is 1. The van der Waals surface area contributed by atoms with Gasteiger partial charge in [0.2, 0.25) is 8.99 Å². The fraction of sp³-hybridized carbons (Fsp3) is 0.111. The van der Waals surface area contributed by atoms with Crippen molar-refractivity contribution in [1.82, 2.24) is 4.23 Å². The molecule has 0 fully saturated rings. The van der Waals surface area contributed by atoms with Crippen LogP contribution in [0.4, 0.5) is 0 Å². The summed E-state index contributed by atoms with van der Waals surface area (Å²) in [4.78, 5) is 0. The Bertz CT molecular complexity index is 408. The molecule has 0 aliphatic carbocycles. The van der Waals surface area contributed by atoms with E-state index in [1.54, 1.807) is 0 Å². The van der Waals surface area contributed by atoms with Crippen molar-refractivity contribution in [3.05, 3.63) is 36.0 Å². The highest BCUT2D eigenvalue weighted by molar-refractivity contribution is 6.93. The maximum absolute atomic E-state index is 5.95. The molecular weight excluding hydrogens is 186 g/mol. The summed E-state index contributed by atoms with van der Waals surface area (Å²) < 4.78 is 2.23. The van der Waals surface area contributed by atoms with E-state index in [2.05, 4.69) is 41.5 Å². The first-order chi connectivity index (χ1) is 5.83. The lowest BCUT2D eigenvalue weighted by atomic mass is 10.2. The molecule has 0 bridgehead atoms. The van der Waals surface area contributed by atoms with Crippen molar-refractivity contribution in [2.75, 3.05) is 0 Å². The van der Waals surface area contributed by atoms with Gasteiger partial charge in [0.15, 0.2) is 0 Å². The molecule has 0 saturated carbocycles. The quantitative estimate of drug-likeness (QED) is 0.485. The van der Waals surface area contributed by atoms with E-state index in [-0.39, 0.29) is 0 Å². The van der Waals surface area contributed by atoms with Crippen LogP contribution in [0.1, 0.15) is 5.69 Å². The highest BCUT2D eigenvalue weighted by Gasteiger charge is 2.01. The van der Waals surface area contributed by atoms with Gasteiger partial charge in [0.1, 0.15) is 0 Å². The molecule has 1 aromatic carbocycles. The summed E-state index contributed by atoms with van der Waals surface area (Å²) in [7, 11) is -0.628. The highest BCUT2D eigenvalue weighted by Crippen LogP contribution is 2.17. The molecule has 1 heterocycles. The van der Waals surface area contributed by atoms with Gasteiger partial charge in [-0.05, 0) is 24.4 Å². The number of fused-ring (bicyclic) bond motifs is 1. The van der Waals surface area contributed by atoms with Crippen molar-refractivity contribution in [3.8, 4) is 0 Å². The summed E-state index contributed by atoms with van der Waals surface area (Å²) in [6, 6.07) is 10.5. The van der Waals surface area contributed by atoms with Crippen molar-refractivity contribution >= 4 is 31.0 Å². The van der Waals surface area contributed by atoms with Crippen molar-refractivity contribution in [2.24, 2.45) is 0 Å². The second-order valence-electron chi connectivity index (χ2n) is 2.89. The largest absolute Gasteiger partial charge is 0.363 e. The van der Waals surface area contributed by atoms with Crippen molar-refractivity contribution in [2.45, 2.75) is 6.92 Å². The first-order valence-corrected chi connectivity index (χ1v) is 6.71. The first kappa shape index (κ1) is 7.89. The van der Waals surface area contributed by atoms with E-state index in [0.29, 0.717) is 0 Å². The smallest absolute Gasteiger partial charge is 0.229 e. The summed E-state index contributed by atoms with van der Waals surface area (Å²) in [5.41, 5.74) is 2.55. The normalized spacial score (nSPS) is 11.8. The Morgan fingerprint density at radius 3 is 2.83 bits per heavy atom. The van der Waals surface area contributed by atoms with Crippen molar-refractivity contribution in [1.29, 1.82) is 0 Å². The van der Waals surface area contributed by atoms with Crippen LogP contribution in [0.25, 0.3) is 10.9 Å². The van der Waals surface area contributed by atoms with Gasteiger partial charge in [0.05, 0.1) is 0 Å². The summed E-state index contributed by atoms with van der Waals surface area (Å²) in [6.45, 7) is 2.11. The summed E-state index contributed by atoms with van der Waals surface area (Å²) in [5, 5.41) is 1.29. The number of rotatable bonds is 1. The van der Waals surface area contributed by atoms with Gasteiger partial charge in [-0.3, -0.25) is 0 Å². The Hall–Kier alpha value is -0.733. The van der Waals surface area contributed by atoms with E-state index >= 15 is 0 Å². The number of benzene rings is 1. The zero-order valence-corrected chi connectivity index (χ0v) is 9.09. The van der Waals surface area contributed by atoms with Gasteiger partial charge in [-0.15, -0.1) is 11.1 Å². The molecule has 0 unspecified atom stereocenters. The van der Waals surface area contributed by atoms with Gasteiger partial charge < -0.3 is 4.23 Å². The van der Waals surface area contributed by atoms with Crippen LogP contribution >= 0.6 is 11.1 Å². The fourth-order valence-electron chi connectivity index (χ4n) is 1.51. The molecule has 0 aliphatic rings. The summed E-state index contributed by atoms with van der Waals surface area (Å²) >= 11 is 5.95. The monoisotopic (exact) mass is 195 g/mol. The van der Waals surface area contributed by atoms with Crippen LogP contribution in [-0.2, 0) is 0 Å². The predicted octanol–water partition coefficient (Wildman–Crippen LogP) is 2.04. The third-order valence-corrected chi connectivity index (χ3v) is 3.93. The van der Waals surface area contributed by atoms with Gasteiger partial charge in [0, 0.05) is 11.2 Å². The van der Waals surface area contributed by atoms with Crippen LogP contribution in [0.15, 0.2) is 30.3 Å². The maximum atomic E-state index is 5.95. The number of hydrogen-bond donors (Lipinski definition) is 0. The summed E-state index contributed by atoms with van der Waals surface area (Å²) in [5.74, 6) is 0. The zero-order valence-electron chi connectivity index (χ0n) is 6.92. The van der Waals surface area contributed by atoms with Crippen molar-refractivity contribution < 1.29 is 0 Å². The van der Waals surface area contributed by atoms with Gasteiger partial charge in [0.25, 0.3) is 0 Å². The molecule has 2 rings (SSSR count). The lowest BCUT2D eigenvalue weighted by molar-refractivity contribution is 1.19. The lowest BCUT2D eigenvalue weighted by Gasteiger charge is -2.00. The van der Waals surface area contributed by atoms with E-state index < -0.39 is 8.99 Å². The molecule has 1 aromatic heterocycles. The topological polar surface area (TPSA) is 4.93 Å². The highest BCUT2D eigenvalue weighted by atomic mass is 35.6. The van der Waals surface area contributed by atoms with E-state index in [9.17, 15) is 0 Å². The molecule has 0 saturated heterocycles. The Morgan fingerprint density at radius 2 is 2.08 bits per heavy atom. The number of aromatic nitrogens is 1. The molecule has 0 aliphatic heterocycles. The molecule has 0 spiro atoms. The Balaban J connectivity index is 2.81. The Kier molecular flexibility index (Phi) is 1.94. The minimum atomic E-state index is -0.628. The Labute approximate surface area is 78.6 Å². The molecule has 12 heavy (non-hydrogen) atoms. The Morgan fingerprint density at radius 1 is 1.33 bits per heavy atom. The van der Waals surface area contributed by atoms with Crippen LogP contribution in [0.3, 0.4) is 0 Å². The molecule has 0 N–H and O–H groups in total. The van der Waals surface area contributed by atoms with Crippen LogP contribution < -0.4 is 0 Å². The SMILES string of the molecule is Cc1cc2ccccc2n1[SiH2]Cl. The van der Waals surface area contributed by atoms with Crippen LogP contribution in [0.5, 0.6) is 0 Å². The molecule has 1 nitrogen and oxygen atoms in total. The van der Waals surface area contributed by atoms with E-state index in [4.69, 9.17) is 11.1 Å². The minimum absolute atomic E-state index is 0.628. The van der Waals surface area contributed by atoms with E-state index in [1.165, 1.54) is 16.6 Å². The summed E-state index contributed by atoms with van der Waals surface area (Å²) in [6.07, 6.45) is 0. The van der Waals surface area contributed by atoms with Gasteiger partial charge in [-0.2, -0.15) is 0 Å². The number of para-hydroxylation sites is 1. The minimum Gasteiger partial charge on any atom is -0.363 e. The predicted molar refractivity (Wildman–Crippen MR) is 56.5 cm³/mol. The number of halogens is 1. The fourth-order valence-corrected chi connectivity index (χ4v) is 3.16. The van der Waals surface area contributed by atoms with Gasteiger partial charge in [-0.1, -0.05) is 18.2 Å². The standard InChI is InChI=1S/C9H10ClNSi/c1-7-6-8-4-2-3-5-9(8)11(7)12-10/h2-6H,12H2,1H3. The average Bonchev–Trinajstić information content (AvgIpc) is 2.40. The first-order valence-electron chi connectivity index (χ1n) is 3.94. The molecule has 62 valence electrons. The second-order valence-corrected chi connectivity index (χ2v) is 4.48. The number of hydrogen-bond acceptors (Lipinski definition) is 0. The second kappa shape index (κ2) is 2.96. The third kappa shape index (κ3) is 1.08. The average molecular weight is 196 g/mol.